The second kappa shape index (κ2) is 6.23. The molecule has 1 unspecified atom stereocenters. The van der Waals surface area contributed by atoms with Gasteiger partial charge in [-0.3, -0.25) is 9.78 Å². The van der Waals surface area contributed by atoms with Gasteiger partial charge in [0.25, 0.3) is 0 Å². The number of carbonyl (C=O) groups is 1. The van der Waals surface area contributed by atoms with E-state index < -0.39 is 11.8 Å². The average molecular weight is 318 g/mol. The maximum Gasteiger partial charge on any atom is 0.249 e. The van der Waals surface area contributed by atoms with E-state index in [-0.39, 0.29) is 37.2 Å². The predicted octanol–water partition coefficient (Wildman–Crippen LogP) is 2.02. The van der Waals surface area contributed by atoms with Gasteiger partial charge in [-0.25, -0.2) is 8.78 Å². The molecule has 1 saturated carbocycles. The van der Waals surface area contributed by atoms with Crippen molar-refractivity contribution in [2.24, 2.45) is 5.92 Å². The molecule has 0 radical (unpaired) electrons. The first-order valence-electron chi connectivity index (χ1n) is 6.86. The van der Waals surface area contributed by atoms with Gasteiger partial charge in [0.15, 0.2) is 0 Å². The van der Waals surface area contributed by atoms with E-state index >= 15 is 0 Å². The maximum atomic E-state index is 12.9. The zero-order chi connectivity index (χ0) is 14.2. The van der Waals surface area contributed by atoms with E-state index in [1.54, 1.807) is 17.3 Å². The minimum Gasteiger partial charge on any atom is -0.333 e. The van der Waals surface area contributed by atoms with Crippen LogP contribution in [0.25, 0.3) is 0 Å². The number of nitrogens with zero attached hydrogens (tertiary/aromatic N) is 2. The average Bonchev–Trinajstić information content (AvgIpc) is 2.45. The Kier molecular flexibility index (Phi) is 4.78. The van der Waals surface area contributed by atoms with Crippen molar-refractivity contribution in [1.29, 1.82) is 0 Å². The molecule has 4 nitrogen and oxygen atoms in total. The molecular formula is C14H18ClF2N3O. The fourth-order valence-corrected chi connectivity index (χ4v) is 2.91. The van der Waals surface area contributed by atoms with E-state index in [1.807, 2.05) is 12.1 Å². The van der Waals surface area contributed by atoms with Gasteiger partial charge in [0.05, 0.1) is 6.04 Å². The number of alkyl halides is 2. The molecule has 0 bridgehead atoms. The van der Waals surface area contributed by atoms with Crippen molar-refractivity contribution in [3.63, 3.8) is 0 Å². The third kappa shape index (κ3) is 3.32. The lowest BCUT2D eigenvalue weighted by Crippen LogP contribution is -2.53. The number of aromatic nitrogens is 1. The van der Waals surface area contributed by atoms with Crippen molar-refractivity contribution in [2.75, 3.05) is 19.6 Å². The number of halogens is 3. The molecule has 3 rings (SSSR count). The summed E-state index contributed by atoms with van der Waals surface area (Å²) in [6.45, 7) is 1.90. The normalized spacial score (nSPS) is 24.9. The largest absolute Gasteiger partial charge is 0.333 e. The summed E-state index contributed by atoms with van der Waals surface area (Å²) in [5.74, 6) is -3.33. The lowest BCUT2D eigenvalue weighted by atomic mass is 9.80. The number of hydrogen-bond acceptors (Lipinski definition) is 3. The van der Waals surface area contributed by atoms with Crippen molar-refractivity contribution >= 4 is 18.3 Å². The van der Waals surface area contributed by atoms with Crippen LogP contribution in [-0.4, -0.2) is 41.3 Å². The number of pyridine rings is 1. The Morgan fingerprint density at radius 3 is 2.81 bits per heavy atom. The molecule has 116 valence electrons. The van der Waals surface area contributed by atoms with Crippen LogP contribution in [0.15, 0.2) is 24.5 Å². The molecule has 21 heavy (non-hydrogen) atoms. The summed E-state index contributed by atoms with van der Waals surface area (Å²) in [5.41, 5.74) is 0.944. The molecule has 2 heterocycles. The van der Waals surface area contributed by atoms with Crippen LogP contribution in [0.1, 0.15) is 24.4 Å². The maximum absolute atomic E-state index is 12.9. The van der Waals surface area contributed by atoms with Crippen molar-refractivity contribution in [1.82, 2.24) is 15.2 Å². The zero-order valence-corrected chi connectivity index (χ0v) is 12.3. The highest BCUT2D eigenvalue weighted by Crippen LogP contribution is 2.44. The smallest absolute Gasteiger partial charge is 0.249 e. The third-order valence-corrected chi connectivity index (χ3v) is 4.03. The highest BCUT2D eigenvalue weighted by molar-refractivity contribution is 5.85. The molecule has 1 aromatic rings. The lowest BCUT2D eigenvalue weighted by Gasteiger charge is -2.42. The Balaban J connectivity index is 0.00000161. The van der Waals surface area contributed by atoms with Crippen LogP contribution < -0.4 is 5.32 Å². The Labute approximate surface area is 128 Å². The van der Waals surface area contributed by atoms with Crippen molar-refractivity contribution in [3.05, 3.63) is 30.1 Å². The van der Waals surface area contributed by atoms with Gasteiger partial charge in [0.2, 0.25) is 11.8 Å². The molecule has 2 fully saturated rings. The van der Waals surface area contributed by atoms with Gasteiger partial charge in [-0.1, -0.05) is 6.07 Å². The number of carbonyl (C=O) groups excluding carboxylic acids is 1. The molecule has 1 aliphatic heterocycles. The van der Waals surface area contributed by atoms with Crippen LogP contribution >= 0.6 is 12.4 Å². The predicted molar refractivity (Wildman–Crippen MR) is 76.5 cm³/mol. The Hall–Kier alpha value is -1.27. The highest BCUT2D eigenvalue weighted by Gasteiger charge is 2.50. The number of nitrogens with one attached hydrogen (secondary N) is 1. The summed E-state index contributed by atoms with van der Waals surface area (Å²) >= 11 is 0. The van der Waals surface area contributed by atoms with Gasteiger partial charge < -0.3 is 10.2 Å². The number of rotatable bonds is 2. The fourth-order valence-electron chi connectivity index (χ4n) is 2.91. The molecule has 2 aliphatic rings. The number of piperazine rings is 1. The van der Waals surface area contributed by atoms with Crippen LogP contribution in [0.2, 0.25) is 0 Å². The van der Waals surface area contributed by atoms with Gasteiger partial charge in [0, 0.05) is 50.8 Å². The summed E-state index contributed by atoms with van der Waals surface area (Å²) < 4.78 is 25.9. The standard InChI is InChI=1S/C14H17F2N3O.ClH/c15-14(16)6-11(7-14)13(20)19-5-4-18-9-12(19)10-2-1-3-17-8-10;/h1-3,8,11-12,18H,4-7,9H2;1H. The molecule has 0 aromatic carbocycles. The van der Waals surface area contributed by atoms with Crippen LogP contribution in [0.5, 0.6) is 0 Å². The monoisotopic (exact) mass is 317 g/mol. The van der Waals surface area contributed by atoms with Gasteiger partial charge in [-0.05, 0) is 11.6 Å². The van der Waals surface area contributed by atoms with E-state index in [0.29, 0.717) is 19.6 Å². The van der Waals surface area contributed by atoms with E-state index in [1.165, 1.54) is 0 Å². The Bertz CT molecular complexity index is 492. The van der Waals surface area contributed by atoms with Crippen LogP contribution in [-0.2, 0) is 4.79 Å². The minimum atomic E-state index is -2.65. The molecule has 1 saturated heterocycles. The quantitative estimate of drug-likeness (QED) is 0.907. The second-order valence-electron chi connectivity index (χ2n) is 5.50. The van der Waals surface area contributed by atoms with Gasteiger partial charge in [-0.2, -0.15) is 0 Å². The van der Waals surface area contributed by atoms with Gasteiger partial charge in [0.1, 0.15) is 0 Å². The first-order valence-corrected chi connectivity index (χ1v) is 6.86. The van der Waals surface area contributed by atoms with E-state index in [9.17, 15) is 13.6 Å². The topological polar surface area (TPSA) is 45.2 Å². The van der Waals surface area contributed by atoms with Crippen LogP contribution in [0, 0.1) is 5.92 Å². The first-order chi connectivity index (χ1) is 9.57. The van der Waals surface area contributed by atoms with E-state index in [0.717, 1.165) is 5.56 Å². The second-order valence-corrected chi connectivity index (χ2v) is 5.50. The highest BCUT2D eigenvalue weighted by atomic mass is 35.5. The summed E-state index contributed by atoms with van der Waals surface area (Å²) in [6, 6.07) is 3.63. The van der Waals surface area contributed by atoms with E-state index in [4.69, 9.17) is 0 Å². The van der Waals surface area contributed by atoms with E-state index in [2.05, 4.69) is 10.3 Å². The van der Waals surface area contributed by atoms with Crippen molar-refractivity contribution in [2.45, 2.75) is 24.8 Å². The SMILES string of the molecule is Cl.O=C(C1CC(F)(F)C1)N1CCNCC1c1cccnc1. The molecule has 7 heteroatoms. The molecule has 0 spiro atoms. The van der Waals surface area contributed by atoms with Crippen LogP contribution in [0.3, 0.4) is 0 Å². The van der Waals surface area contributed by atoms with Crippen molar-refractivity contribution in [3.8, 4) is 0 Å². The van der Waals surface area contributed by atoms with Gasteiger partial charge in [-0.15, -0.1) is 12.4 Å². The fraction of sp³-hybridized carbons (Fsp3) is 0.571. The lowest BCUT2D eigenvalue weighted by molar-refractivity contribution is -0.162. The first kappa shape index (κ1) is 16.1. The summed E-state index contributed by atoms with van der Waals surface area (Å²) in [5, 5.41) is 3.24. The van der Waals surface area contributed by atoms with Crippen LogP contribution in [0.4, 0.5) is 8.78 Å². The molecule has 1 atom stereocenters. The number of amides is 1. The molecule has 1 amide bonds. The Morgan fingerprint density at radius 1 is 1.43 bits per heavy atom. The third-order valence-electron chi connectivity index (χ3n) is 4.03. The summed E-state index contributed by atoms with van der Waals surface area (Å²) in [7, 11) is 0. The molecule has 1 aliphatic carbocycles. The van der Waals surface area contributed by atoms with Gasteiger partial charge >= 0.3 is 0 Å². The minimum absolute atomic E-state index is 0. The van der Waals surface area contributed by atoms with Crippen molar-refractivity contribution < 1.29 is 13.6 Å². The molecule has 1 aromatic heterocycles. The number of hydrogen-bond donors (Lipinski definition) is 1. The molecule has 1 N–H and O–H groups in total. The summed E-state index contributed by atoms with van der Waals surface area (Å²) in [6.07, 6.45) is 2.79. The Morgan fingerprint density at radius 2 is 2.19 bits per heavy atom. The summed E-state index contributed by atoms with van der Waals surface area (Å²) in [4.78, 5) is 18.2. The molecular weight excluding hydrogens is 300 g/mol. The zero-order valence-electron chi connectivity index (χ0n) is 11.5.